The Morgan fingerprint density at radius 2 is 1.56 bits per heavy atom. The van der Waals surface area contributed by atoms with Gasteiger partial charge in [-0.2, -0.15) is 0 Å². The van der Waals surface area contributed by atoms with E-state index in [0.717, 1.165) is 18.1 Å². The summed E-state index contributed by atoms with van der Waals surface area (Å²) in [5, 5.41) is -0.245. The SMILES string of the molecule is CC(C)(C)SC(C=O)/C(=C\C=O)C(C)(C)C. The van der Waals surface area contributed by atoms with Gasteiger partial charge in [0.2, 0.25) is 0 Å². The van der Waals surface area contributed by atoms with Crippen LogP contribution >= 0.6 is 11.8 Å². The maximum absolute atomic E-state index is 11.2. The molecular formula is C13H22O2S. The largest absolute Gasteiger partial charge is 0.302 e. The summed E-state index contributed by atoms with van der Waals surface area (Å²) in [5.41, 5.74) is 0.725. The van der Waals surface area contributed by atoms with Crippen LogP contribution in [0.15, 0.2) is 11.6 Å². The standard InChI is InChI=1S/C13H22O2S/c1-12(2,3)10(7-8-14)11(9-15)16-13(4,5)6/h7-9,11H,1-6H3/b10-7+. The Balaban J connectivity index is 5.11. The highest BCUT2D eigenvalue weighted by molar-refractivity contribution is 8.02. The zero-order chi connectivity index (χ0) is 13.0. The molecule has 0 aliphatic carbocycles. The van der Waals surface area contributed by atoms with Crippen molar-refractivity contribution < 1.29 is 9.59 Å². The second-order valence-electron chi connectivity index (χ2n) is 5.79. The minimum atomic E-state index is -0.245. The Morgan fingerprint density at radius 1 is 1.06 bits per heavy atom. The topological polar surface area (TPSA) is 34.1 Å². The lowest BCUT2D eigenvalue weighted by molar-refractivity contribution is -0.107. The third kappa shape index (κ3) is 5.50. The van der Waals surface area contributed by atoms with E-state index in [1.807, 2.05) is 20.8 Å². The molecule has 2 nitrogen and oxygen atoms in total. The molecule has 0 heterocycles. The van der Waals surface area contributed by atoms with Crippen LogP contribution in [0.25, 0.3) is 0 Å². The van der Waals surface area contributed by atoms with E-state index in [0.29, 0.717) is 0 Å². The molecule has 0 fully saturated rings. The zero-order valence-electron chi connectivity index (χ0n) is 11.0. The molecule has 0 saturated heterocycles. The Labute approximate surface area is 103 Å². The number of carbonyl (C=O) groups excluding carboxylic acids is 2. The molecule has 0 N–H and O–H groups in total. The zero-order valence-corrected chi connectivity index (χ0v) is 11.9. The minimum absolute atomic E-state index is 0.00119. The fourth-order valence-corrected chi connectivity index (χ4v) is 2.77. The van der Waals surface area contributed by atoms with Gasteiger partial charge in [-0.15, -0.1) is 11.8 Å². The molecule has 0 bridgehead atoms. The van der Waals surface area contributed by atoms with Crippen LogP contribution in [0.3, 0.4) is 0 Å². The monoisotopic (exact) mass is 242 g/mol. The lowest BCUT2D eigenvalue weighted by Crippen LogP contribution is -2.25. The molecule has 0 saturated carbocycles. The Kier molecular flexibility index (Phi) is 5.47. The van der Waals surface area contributed by atoms with Gasteiger partial charge in [-0.05, 0) is 17.1 Å². The van der Waals surface area contributed by atoms with Crippen LogP contribution in [0.5, 0.6) is 0 Å². The van der Waals surface area contributed by atoms with Crippen molar-refractivity contribution in [2.75, 3.05) is 0 Å². The van der Waals surface area contributed by atoms with Crippen molar-refractivity contribution in [1.82, 2.24) is 0 Å². The first-order chi connectivity index (χ1) is 7.11. The summed E-state index contributed by atoms with van der Waals surface area (Å²) in [7, 11) is 0. The second kappa shape index (κ2) is 5.67. The fraction of sp³-hybridized carbons (Fsp3) is 0.692. The van der Waals surface area contributed by atoms with Crippen LogP contribution in [-0.2, 0) is 9.59 Å². The van der Waals surface area contributed by atoms with E-state index in [4.69, 9.17) is 0 Å². The Hall–Kier alpha value is -0.570. The smallest absolute Gasteiger partial charge is 0.142 e. The van der Waals surface area contributed by atoms with Gasteiger partial charge in [0, 0.05) is 4.75 Å². The molecular weight excluding hydrogens is 220 g/mol. The van der Waals surface area contributed by atoms with E-state index in [1.54, 1.807) is 11.8 Å². The van der Waals surface area contributed by atoms with Crippen molar-refractivity contribution >= 4 is 24.3 Å². The molecule has 3 heteroatoms. The van der Waals surface area contributed by atoms with E-state index < -0.39 is 0 Å². The van der Waals surface area contributed by atoms with E-state index in [9.17, 15) is 9.59 Å². The Bertz CT molecular complexity index is 279. The lowest BCUT2D eigenvalue weighted by Gasteiger charge is -2.30. The van der Waals surface area contributed by atoms with Crippen molar-refractivity contribution in [3.05, 3.63) is 11.6 Å². The fourth-order valence-electron chi connectivity index (χ4n) is 1.39. The molecule has 0 radical (unpaired) electrons. The number of rotatable bonds is 4. The molecule has 16 heavy (non-hydrogen) atoms. The number of aldehydes is 2. The third-order valence-corrected chi connectivity index (χ3v) is 3.35. The van der Waals surface area contributed by atoms with Gasteiger partial charge >= 0.3 is 0 Å². The molecule has 0 aromatic heterocycles. The second-order valence-corrected chi connectivity index (χ2v) is 7.76. The van der Waals surface area contributed by atoms with Gasteiger partial charge in [-0.25, -0.2) is 0 Å². The third-order valence-electron chi connectivity index (χ3n) is 2.02. The Morgan fingerprint density at radius 3 is 1.81 bits per heavy atom. The van der Waals surface area contributed by atoms with Gasteiger partial charge in [0.25, 0.3) is 0 Å². The van der Waals surface area contributed by atoms with Crippen LogP contribution in [0.1, 0.15) is 41.5 Å². The van der Waals surface area contributed by atoms with Crippen LogP contribution in [0.2, 0.25) is 0 Å². The van der Waals surface area contributed by atoms with Crippen molar-refractivity contribution in [2.45, 2.75) is 51.5 Å². The highest BCUT2D eigenvalue weighted by Gasteiger charge is 2.28. The summed E-state index contributed by atoms with van der Waals surface area (Å²) in [6, 6.07) is 0. The maximum Gasteiger partial charge on any atom is 0.142 e. The van der Waals surface area contributed by atoms with E-state index in [2.05, 4.69) is 20.8 Å². The van der Waals surface area contributed by atoms with Crippen molar-refractivity contribution in [3.8, 4) is 0 Å². The van der Waals surface area contributed by atoms with Crippen LogP contribution in [0, 0.1) is 5.41 Å². The predicted octanol–water partition coefficient (Wildman–Crippen LogP) is 3.26. The predicted molar refractivity (Wildman–Crippen MR) is 70.8 cm³/mol. The summed E-state index contributed by atoms with van der Waals surface area (Å²) in [5.74, 6) is 0. The molecule has 0 aliphatic rings. The van der Waals surface area contributed by atoms with Gasteiger partial charge in [0.05, 0.1) is 5.25 Å². The number of hydrogen-bond donors (Lipinski definition) is 0. The van der Waals surface area contributed by atoms with Gasteiger partial charge in [-0.1, -0.05) is 41.5 Å². The first-order valence-electron chi connectivity index (χ1n) is 5.41. The van der Waals surface area contributed by atoms with Crippen molar-refractivity contribution in [2.24, 2.45) is 5.41 Å². The molecule has 1 atom stereocenters. The first-order valence-corrected chi connectivity index (χ1v) is 6.28. The molecule has 0 spiro atoms. The highest BCUT2D eigenvalue weighted by atomic mass is 32.2. The summed E-state index contributed by atoms with van der Waals surface area (Å²) in [6.45, 7) is 12.2. The number of allylic oxidation sites excluding steroid dienone is 1. The average Bonchev–Trinajstić information content (AvgIpc) is 2.07. The summed E-state index contributed by atoms with van der Waals surface area (Å²) < 4.78 is -0.00119. The molecule has 0 aromatic carbocycles. The molecule has 0 rings (SSSR count). The number of thioether (sulfide) groups is 1. The summed E-state index contributed by atoms with van der Waals surface area (Å²) in [6.07, 6.45) is 3.22. The van der Waals surface area contributed by atoms with Crippen LogP contribution in [-0.4, -0.2) is 22.6 Å². The quantitative estimate of drug-likeness (QED) is 0.560. The first kappa shape index (κ1) is 15.4. The van der Waals surface area contributed by atoms with E-state index >= 15 is 0 Å². The van der Waals surface area contributed by atoms with E-state index in [-0.39, 0.29) is 15.4 Å². The molecule has 92 valence electrons. The highest BCUT2D eigenvalue weighted by Crippen LogP contribution is 2.37. The van der Waals surface area contributed by atoms with Gasteiger partial charge in [0.15, 0.2) is 0 Å². The molecule has 1 unspecified atom stereocenters. The lowest BCUT2D eigenvalue weighted by atomic mass is 9.84. The molecule has 0 aliphatic heterocycles. The number of hydrogen-bond acceptors (Lipinski definition) is 3. The molecule has 0 amide bonds. The van der Waals surface area contributed by atoms with Crippen LogP contribution in [0.4, 0.5) is 0 Å². The van der Waals surface area contributed by atoms with Gasteiger partial charge in [0.1, 0.15) is 12.6 Å². The van der Waals surface area contributed by atoms with Crippen LogP contribution < -0.4 is 0 Å². The normalized spacial score (nSPS) is 15.8. The van der Waals surface area contributed by atoms with Gasteiger partial charge in [-0.3, -0.25) is 4.79 Å². The van der Waals surface area contributed by atoms with Crippen molar-refractivity contribution in [1.29, 1.82) is 0 Å². The van der Waals surface area contributed by atoms with Gasteiger partial charge < -0.3 is 4.79 Å². The summed E-state index contributed by atoms with van der Waals surface area (Å²) in [4.78, 5) is 21.8. The van der Waals surface area contributed by atoms with E-state index in [1.165, 1.54) is 6.08 Å². The number of carbonyl (C=O) groups is 2. The summed E-state index contributed by atoms with van der Waals surface area (Å²) >= 11 is 1.58. The average molecular weight is 242 g/mol. The maximum atomic E-state index is 11.2. The minimum Gasteiger partial charge on any atom is -0.302 e. The van der Waals surface area contributed by atoms with Crippen molar-refractivity contribution in [3.63, 3.8) is 0 Å². The molecule has 0 aromatic rings.